The molecule has 32 heavy (non-hydrogen) atoms. The van der Waals surface area contributed by atoms with Gasteiger partial charge in [-0.1, -0.05) is 25.1 Å². The van der Waals surface area contributed by atoms with Gasteiger partial charge in [-0.15, -0.1) is 0 Å². The zero-order chi connectivity index (χ0) is 22.2. The third-order valence-electron chi connectivity index (χ3n) is 8.39. The fourth-order valence-electron chi connectivity index (χ4n) is 6.33. The second kappa shape index (κ2) is 9.05. The summed E-state index contributed by atoms with van der Waals surface area (Å²) in [5, 5.41) is 12.1. The monoisotopic (exact) mass is 435 g/mol. The normalized spacial score (nSPS) is 30.9. The number of benzene rings is 2. The van der Waals surface area contributed by atoms with Gasteiger partial charge in [0.25, 0.3) is 0 Å². The highest BCUT2D eigenvalue weighted by atomic mass is 16.5. The number of carboxylic acid groups (broad SMARTS) is 1. The Morgan fingerprint density at radius 3 is 2.62 bits per heavy atom. The molecule has 0 amide bonds. The lowest BCUT2D eigenvalue weighted by molar-refractivity contribution is -0.142. The maximum absolute atomic E-state index is 11.6. The second-order valence-corrected chi connectivity index (χ2v) is 10.8. The number of likely N-dealkylation sites (tertiary alicyclic amines) is 1. The highest BCUT2D eigenvalue weighted by molar-refractivity contribution is 5.88. The van der Waals surface area contributed by atoms with Crippen LogP contribution in [0.15, 0.2) is 30.3 Å². The molecular weight excluding hydrogens is 398 g/mol. The number of nitrogens with zero attached hydrogens (tertiary/aromatic N) is 1. The molecule has 3 fully saturated rings. The van der Waals surface area contributed by atoms with Crippen LogP contribution in [0.3, 0.4) is 0 Å². The van der Waals surface area contributed by atoms with Crippen molar-refractivity contribution in [1.82, 2.24) is 4.90 Å². The van der Waals surface area contributed by atoms with E-state index in [1.807, 2.05) is 0 Å². The van der Waals surface area contributed by atoms with Crippen molar-refractivity contribution in [1.29, 1.82) is 0 Å². The van der Waals surface area contributed by atoms with Crippen molar-refractivity contribution >= 4 is 16.7 Å². The third kappa shape index (κ3) is 4.52. The van der Waals surface area contributed by atoms with Gasteiger partial charge in [0.05, 0.1) is 12.0 Å². The Morgan fingerprint density at radius 2 is 1.84 bits per heavy atom. The summed E-state index contributed by atoms with van der Waals surface area (Å²) in [6.07, 6.45) is 9.07. The molecule has 1 saturated heterocycles. The minimum Gasteiger partial charge on any atom is -0.490 e. The molecule has 3 unspecified atom stereocenters. The largest absolute Gasteiger partial charge is 0.490 e. The predicted octanol–water partition coefficient (Wildman–Crippen LogP) is 6.18. The van der Waals surface area contributed by atoms with Crippen LogP contribution in [-0.4, -0.2) is 34.7 Å². The Balaban J connectivity index is 1.33. The average Bonchev–Trinajstić information content (AvgIpc) is 3.01. The van der Waals surface area contributed by atoms with Gasteiger partial charge < -0.3 is 9.84 Å². The van der Waals surface area contributed by atoms with Gasteiger partial charge in [-0.25, -0.2) is 0 Å². The van der Waals surface area contributed by atoms with Crippen LogP contribution < -0.4 is 4.74 Å². The second-order valence-electron chi connectivity index (χ2n) is 10.8. The molecule has 0 aromatic heterocycles. The lowest BCUT2D eigenvalue weighted by atomic mass is 9.89. The molecule has 5 rings (SSSR count). The summed E-state index contributed by atoms with van der Waals surface area (Å²) < 4.78 is 6.45. The van der Waals surface area contributed by atoms with Crippen molar-refractivity contribution in [3.8, 4) is 5.75 Å². The number of fused-ring (bicyclic) bond motifs is 3. The first-order valence-corrected chi connectivity index (χ1v) is 12.6. The summed E-state index contributed by atoms with van der Waals surface area (Å²) in [6.45, 7) is 6.56. The zero-order valence-electron chi connectivity index (χ0n) is 19.6. The number of aryl methyl sites for hydroxylation is 1. The van der Waals surface area contributed by atoms with Crippen LogP contribution in [-0.2, 0) is 11.3 Å². The summed E-state index contributed by atoms with van der Waals surface area (Å²) in [6, 6.07) is 11.6. The van der Waals surface area contributed by atoms with Crippen molar-refractivity contribution < 1.29 is 14.6 Å². The Bertz CT molecular complexity index is 978. The van der Waals surface area contributed by atoms with E-state index in [1.165, 1.54) is 34.7 Å². The van der Waals surface area contributed by atoms with Crippen LogP contribution in [0.25, 0.3) is 10.8 Å². The third-order valence-corrected chi connectivity index (χ3v) is 8.39. The molecule has 172 valence electrons. The SMILES string of the molecule is Cc1c(OC2CCC(C)CC2)ccc2ccc(CN3CC4CCC(C(=O)O)CC3C4)cc12. The van der Waals surface area contributed by atoms with Crippen molar-refractivity contribution in [2.24, 2.45) is 17.8 Å². The van der Waals surface area contributed by atoms with Crippen LogP contribution in [0.2, 0.25) is 0 Å². The minimum absolute atomic E-state index is 0.172. The fraction of sp³-hybridized carbons (Fsp3) is 0.607. The van der Waals surface area contributed by atoms with E-state index >= 15 is 0 Å². The number of hydrogen-bond donors (Lipinski definition) is 1. The van der Waals surface area contributed by atoms with E-state index in [2.05, 4.69) is 49.1 Å². The molecule has 2 aromatic carbocycles. The van der Waals surface area contributed by atoms with E-state index in [9.17, 15) is 9.90 Å². The van der Waals surface area contributed by atoms with Gasteiger partial charge in [0.2, 0.25) is 0 Å². The van der Waals surface area contributed by atoms with Crippen molar-refractivity contribution in [3.05, 3.63) is 41.5 Å². The molecule has 2 saturated carbocycles. The molecule has 4 heteroatoms. The topological polar surface area (TPSA) is 49.8 Å². The minimum atomic E-state index is -0.612. The standard InChI is InChI=1S/C28H37NO3/c1-18-3-10-25(11-4-18)32-27-12-9-22-7-5-21(14-26(22)19(27)2)17-29-16-20-6-8-23(28(30)31)15-24(29)13-20/h5,7,9,12,14,18,20,23-25H,3-4,6,8,10-11,13,15-17H2,1-2H3,(H,30,31). The van der Waals surface area contributed by atoms with Gasteiger partial charge >= 0.3 is 5.97 Å². The lowest BCUT2D eigenvalue weighted by Gasteiger charge is -2.28. The number of aliphatic carboxylic acids is 1. The summed E-state index contributed by atoms with van der Waals surface area (Å²) >= 11 is 0. The number of carboxylic acids is 1. The molecule has 0 radical (unpaired) electrons. The summed E-state index contributed by atoms with van der Waals surface area (Å²) in [5.74, 6) is 1.74. The summed E-state index contributed by atoms with van der Waals surface area (Å²) in [7, 11) is 0. The molecule has 2 aliphatic carbocycles. The number of hydrogen-bond acceptors (Lipinski definition) is 3. The van der Waals surface area contributed by atoms with Gasteiger partial charge in [0.15, 0.2) is 0 Å². The fourth-order valence-corrected chi connectivity index (χ4v) is 6.33. The number of ether oxygens (including phenoxy) is 1. The smallest absolute Gasteiger partial charge is 0.306 e. The van der Waals surface area contributed by atoms with Gasteiger partial charge in [-0.3, -0.25) is 9.69 Å². The molecule has 0 spiro atoms. The van der Waals surface area contributed by atoms with Crippen LogP contribution in [0.4, 0.5) is 0 Å². The zero-order valence-corrected chi connectivity index (χ0v) is 19.6. The average molecular weight is 436 g/mol. The van der Waals surface area contributed by atoms with Crippen LogP contribution >= 0.6 is 0 Å². The first-order valence-electron chi connectivity index (χ1n) is 12.6. The van der Waals surface area contributed by atoms with Crippen LogP contribution in [0.5, 0.6) is 5.75 Å². The van der Waals surface area contributed by atoms with Gasteiger partial charge in [-0.2, -0.15) is 0 Å². The number of carbonyl (C=O) groups is 1. The van der Waals surface area contributed by atoms with Crippen molar-refractivity contribution in [2.45, 2.75) is 83.9 Å². The Morgan fingerprint density at radius 1 is 1.06 bits per heavy atom. The van der Waals surface area contributed by atoms with Gasteiger partial charge in [-0.05, 0) is 104 Å². The van der Waals surface area contributed by atoms with E-state index in [1.54, 1.807) is 0 Å². The first kappa shape index (κ1) is 21.8. The van der Waals surface area contributed by atoms with E-state index in [-0.39, 0.29) is 5.92 Å². The first-order chi connectivity index (χ1) is 15.5. The maximum atomic E-state index is 11.6. The van der Waals surface area contributed by atoms with E-state index in [0.29, 0.717) is 18.1 Å². The molecule has 2 bridgehead atoms. The highest BCUT2D eigenvalue weighted by Crippen LogP contribution is 2.38. The molecular formula is C28H37NO3. The quantitative estimate of drug-likeness (QED) is 0.609. The lowest BCUT2D eigenvalue weighted by Crippen LogP contribution is -2.33. The van der Waals surface area contributed by atoms with Crippen LogP contribution in [0.1, 0.15) is 69.4 Å². The Labute approximate surface area is 191 Å². The molecule has 1 heterocycles. The van der Waals surface area contributed by atoms with E-state index in [4.69, 9.17) is 4.74 Å². The van der Waals surface area contributed by atoms with Gasteiger partial charge in [0, 0.05) is 19.1 Å². The summed E-state index contributed by atoms with van der Waals surface area (Å²) in [4.78, 5) is 14.1. The Kier molecular flexibility index (Phi) is 6.16. The maximum Gasteiger partial charge on any atom is 0.306 e. The highest BCUT2D eigenvalue weighted by Gasteiger charge is 2.38. The number of rotatable bonds is 5. The molecule has 3 atom stereocenters. The molecule has 1 N–H and O–H groups in total. The predicted molar refractivity (Wildman–Crippen MR) is 128 cm³/mol. The van der Waals surface area contributed by atoms with E-state index in [0.717, 1.165) is 63.3 Å². The van der Waals surface area contributed by atoms with Crippen LogP contribution in [0, 0.1) is 24.7 Å². The molecule has 4 nitrogen and oxygen atoms in total. The van der Waals surface area contributed by atoms with Crippen molar-refractivity contribution in [3.63, 3.8) is 0 Å². The van der Waals surface area contributed by atoms with Crippen molar-refractivity contribution in [2.75, 3.05) is 6.54 Å². The summed E-state index contributed by atoms with van der Waals surface area (Å²) in [5.41, 5.74) is 2.56. The molecule has 1 aliphatic heterocycles. The van der Waals surface area contributed by atoms with Gasteiger partial charge in [0.1, 0.15) is 5.75 Å². The molecule has 2 aromatic rings. The molecule has 3 aliphatic rings. The van der Waals surface area contributed by atoms with E-state index < -0.39 is 5.97 Å². The Hall–Kier alpha value is -2.07.